The fourth-order valence-corrected chi connectivity index (χ4v) is 3.28. The van der Waals surface area contributed by atoms with Gasteiger partial charge in [-0.25, -0.2) is 4.98 Å². The number of hydrogen-bond donors (Lipinski definition) is 2. The number of hydrogen-bond acceptors (Lipinski definition) is 4. The molecule has 21 heavy (non-hydrogen) atoms. The summed E-state index contributed by atoms with van der Waals surface area (Å²) in [6, 6.07) is 2.02. The Morgan fingerprint density at radius 1 is 1.43 bits per heavy atom. The van der Waals surface area contributed by atoms with Crippen LogP contribution in [0.5, 0.6) is 0 Å². The molecule has 0 spiro atoms. The lowest BCUT2D eigenvalue weighted by Gasteiger charge is -2.29. The average Bonchev–Trinajstić information content (AvgIpc) is 2.39. The molecule has 0 aliphatic carbocycles. The molecule has 0 aromatic carbocycles. The van der Waals surface area contributed by atoms with Gasteiger partial charge >= 0.3 is 0 Å². The molecule has 116 valence electrons. The molecule has 4 nitrogen and oxygen atoms in total. The molecule has 2 rings (SSSR count). The van der Waals surface area contributed by atoms with Crippen LogP contribution in [0.3, 0.4) is 0 Å². The van der Waals surface area contributed by atoms with Crippen LogP contribution in [0.4, 0.5) is 5.82 Å². The second kappa shape index (κ2) is 7.18. The molecule has 0 unspecified atom stereocenters. The van der Waals surface area contributed by atoms with Gasteiger partial charge in [-0.05, 0) is 70.8 Å². The van der Waals surface area contributed by atoms with Crippen LogP contribution in [0.2, 0.25) is 0 Å². The second-order valence-electron chi connectivity index (χ2n) is 6.13. The number of aryl methyl sites for hydroxylation is 2. The van der Waals surface area contributed by atoms with Crippen LogP contribution >= 0.6 is 12.2 Å². The molecule has 1 aromatic heterocycles. The molecule has 0 radical (unpaired) electrons. The summed E-state index contributed by atoms with van der Waals surface area (Å²) < 4.78 is 0. The Bertz CT molecular complexity index is 507. The van der Waals surface area contributed by atoms with E-state index in [1.165, 1.54) is 32.4 Å². The van der Waals surface area contributed by atoms with Crippen molar-refractivity contribution in [2.75, 3.05) is 32.0 Å². The number of piperidine rings is 1. The summed E-state index contributed by atoms with van der Waals surface area (Å²) in [4.78, 5) is 7.38. The SMILES string of the molecule is Cc1cc(C)c(C(N)=S)c(NCCC2CCN(C)CC2)n1. The van der Waals surface area contributed by atoms with Gasteiger partial charge in [0.25, 0.3) is 0 Å². The van der Waals surface area contributed by atoms with Crippen LogP contribution in [0, 0.1) is 19.8 Å². The van der Waals surface area contributed by atoms with Gasteiger partial charge in [-0.3, -0.25) is 0 Å². The fraction of sp³-hybridized carbons (Fsp3) is 0.625. The number of likely N-dealkylation sites (tertiary alicyclic amines) is 1. The third-order valence-corrected chi connectivity index (χ3v) is 4.48. The Balaban J connectivity index is 1.95. The topological polar surface area (TPSA) is 54.2 Å². The van der Waals surface area contributed by atoms with Crippen LogP contribution in [0.25, 0.3) is 0 Å². The number of pyridine rings is 1. The fourth-order valence-electron chi connectivity index (χ4n) is 3.02. The van der Waals surface area contributed by atoms with Gasteiger partial charge < -0.3 is 16.0 Å². The van der Waals surface area contributed by atoms with E-state index in [0.717, 1.165) is 35.1 Å². The van der Waals surface area contributed by atoms with Crippen molar-refractivity contribution in [2.24, 2.45) is 11.7 Å². The van der Waals surface area contributed by atoms with Gasteiger partial charge in [-0.2, -0.15) is 0 Å². The molecule has 5 heteroatoms. The number of aromatic nitrogens is 1. The summed E-state index contributed by atoms with van der Waals surface area (Å²) in [7, 11) is 2.20. The van der Waals surface area contributed by atoms with Gasteiger partial charge in [0.1, 0.15) is 10.8 Å². The molecule has 1 fully saturated rings. The quantitative estimate of drug-likeness (QED) is 0.819. The predicted octanol–water partition coefficient (Wildman–Crippen LogP) is 2.48. The first-order valence-electron chi connectivity index (χ1n) is 7.68. The normalized spacial score (nSPS) is 16.9. The minimum Gasteiger partial charge on any atom is -0.389 e. The van der Waals surface area contributed by atoms with Gasteiger partial charge in [0.15, 0.2) is 0 Å². The highest BCUT2D eigenvalue weighted by atomic mass is 32.1. The number of nitrogens with two attached hydrogens (primary N) is 1. The molecule has 2 heterocycles. The smallest absolute Gasteiger partial charge is 0.136 e. The first-order chi connectivity index (χ1) is 9.97. The highest BCUT2D eigenvalue weighted by Crippen LogP contribution is 2.21. The molecule has 0 bridgehead atoms. The predicted molar refractivity (Wildman–Crippen MR) is 92.9 cm³/mol. The Labute approximate surface area is 133 Å². The van der Waals surface area contributed by atoms with E-state index in [9.17, 15) is 0 Å². The van der Waals surface area contributed by atoms with Gasteiger partial charge in [-0.1, -0.05) is 12.2 Å². The van der Waals surface area contributed by atoms with Crippen LogP contribution in [0.1, 0.15) is 36.1 Å². The van der Waals surface area contributed by atoms with Crippen molar-refractivity contribution in [2.45, 2.75) is 33.1 Å². The number of rotatable bonds is 5. The summed E-state index contributed by atoms with van der Waals surface area (Å²) in [6.45, 7) is 7.39. The lowest BCUT2D eigenvalue weighted by atomic mass is 9.94. The van der Waals surface area contributed by atoms with Crippen molar-refractivity contribution in [3.8, 4) is 0 Å². The van der Waals surface area contributed by atoms with E-state index in [0.29, 0.717) is 4.99 Å². The highest BCUT2D eigenvalue weighted by molar-refractivity contribution is 7.80. The van der Waals surface area contributed by atoms with Crippen LogP contribution < -0.4 is 11.1 Å². The van der Waals surface area contributed by atoms with E-state index in [-0.39, 0.29) is 0 Å². The first-order valence-corrected chi connectivity index (χ1v) is 8.08. The van der Waals surface area contributed by atoms with E-state index >= 15 is 0 Å². The van der Waals surface area contributed by atoms with Gasteiger partial charge in [0.2, 0.25) is 0 Å². The molecular weight excluding hydrogens is 280 g/mol. The molecular formula is C16H26N4S. The highest BCUT2D eigenvalue weighted by Gasteiger charge is 2.17. The van der Waals surface area contributed by atoms with Crippen LogP contribution in [-0.4, -0.2) is 41.6 Å². The second-order valence-corrected chi connectivity index (χ2v) is 6.57. The van der Waals surface area contributed by atoms with Crippen LogP contribution in [0.15, 0.2) is 6.07 Å². The molecule has 0 atom stereocenters. The van der Waals surface area contributed by atoms with Crippen LogP contribution in [-0.2, 0) is 0 Å². The van der Waals surface area contributed by atoms with E-state index in [2.05, 4.69) is 22.2 Å². The lowest BCUT2D eigenvalue weighted by Crippen LogP contribution is -2.31. The minimum absolute atomic E-state index is 0.418. The minimum atomic E-state index is 0.418. The Kier molecular flexibility index (Phi) is 5.53. The molecule has 0 saturated carbocycles. The van der Waals surface area contributed by atoms with E-state index in [4.69, 9.17) is 18.0 Å². The maximum absolute atomic E-state index is 5.84. The van der Waals surface area contributed by atoms with E-state index < -0.39 is 0 Å². The number of anilines is 1. The zero-order valence-electron chi connectivity index (χ0n) is 13.3. The van der Waals surface area contributed by atoms with Crippen molar-refractivity contribution >= 4 is 23.0 Å². The van der Waals surface area contributed by atoms with E-state index in [1.807, 2.05) is 19.9 Å². The average molecular weight is 306 g/mol. The molecule has 1 saturated heterocycles. The summed E-state index contributed by atoms with van der Waals surface area (Å²) in [5, 5.41) is 3.44. The summed E-state index contributed by atoms with van der Waals surface area (Å²) in [5.74, 6) is 1.65. The molecule has 1 aliphatic rings. The van der Waals surface area contributed by atoms with Crippen molar-refractivity contribution in [3.05, 3.63) is 22.9 Å². The lowest BCUT2D eigenvalue weighted by molar-refractivity contribution is 0.215. The van der Waals surface area contributed by atoms with Crippen molar-refractivity contribution < 1.29 is 0 Å². The number of nitrogens with zero attached hydrogens (tertiary/aromatic N) is 2. The number of thiocarbonyl (C=S) groups is 1. The zero-order valence-corrected chi connectivity index (χ0v) is 14.1. The van der Waals surface area contributed by atoms with Crippen molar-refractivity contribution in [3.63, 3.8) is 0 Å². The Hall–Kier alpha value is -1.20. The van der Waals surface area contributed by atoms with Crippen molar-refractivity contribution in [1.82, 2.24) is 9.88 Å². The maximum atomic E-state index is 5.84. The van der Waals surface area contributed by atoms with Gasteiger partial charge in [0, 0.05) is 12.2 Å². The third kappa shape index (κ3) is 4.38. The van der Waals surface area contributed by atoms with E-state index in [1.54, 1.807) is 0 Å². The molecule has 1 aromatic rings. The molecule has 3 N–H and O–H groups in total. The third-order valence-electron chi connectivity index (χ3n) is 4.27. The molecule has 1 aliphatic heterocycles. The monoisotopic (exact) mass is 306 g/mol. The molecule has 0 amide bonds. The standard InChI is InChI=1S/C16H26N4S/c1-11-10-12(2)19-16(14(11)15(17)21)18-7-4-13-5-8-20(3)9-6-13/h10,13H,4-9H2,1-3H3,(H2,17,21)(H,18,19). The summed E-state index contributed by atoms with van der Waals surface area (Å²) >= 11 is 5.16. The first kappa shape index (κ1) is 16.2. The van der Waals surface area contributed by atoms with Gasteiger partial charge in [-0.15, -0.1) is 0 Å². The summed E-state index contributed by atoms with van der Waals surface area (Å²) in [5.41, 5.74) is 8.82. The largest absolute Gasteiger partial charge is 0.389 e. The Morgan fingerprint density at radius 2 is 2.10 bits per heavy atom. The number of nitrogens with one attached hydrogen (secondary N) is 1. The van der Waals surface area contributed by atoms with Crippen molar-refractivity contribution in [1.29, 1.82) is 0 Å². The van der Waals surface area contributed by atoms with Gasteiger partial charge in [0.05, 0.1) is 5.56 Å². The maximum Gasteiger partial charge on any atom is 0.136 e. The zero-order chi connectivity index (χ0) is 15.4. The Morgan fingerprint density at radius 3 is 2.71 bits per heavy atom. The summed E-state index contributed by atoms with van der Waals surface area (Å²) in [6.07, 6.45) is 3.76.